The molecule has 0 saturated carbocycles. The van der Waals surface area contributed by atoms with Crippen molar-refractivity contribution in [3.05, 3.63) is 11.3 Å². The first kappa shape index (κ1) is 25.0. The summed E-state index contributed by atoms with van der Waals surface area (Å²) in [5.74, 6) is 2.32. The standard InChI is InChI=1S/C26H43N5O3/c1-18(2)14-19(10-13-32)27-22-20-8-6-7-9-21(20)28-23(29-22)30-12-11-26(15-30)16-31(17-26)24(33)34-25(3,4)5/h18-19,32H,6-17H2,1-5H3,(H,27,28,29)/t19-/m1/s1. The van der Waals surface area contributed by atoms with Crippen LogP contribution >= 0.6 is 0 Å². The molecule has 0 aromatic carbocycles. The number of nitrogens with one attached hydrogen (secondary N) is 1. The van der Waals surface area contributed by atoms with Crippen molar-refractivity contribution >= 4 is 17.9 Å². The van der Waals surface area contributed by atoms with Crippen LogP contribution in [0.25, 0.3) is 0 Å². The molecule has 1 aliphatic carbocycles. The molecular formula is C26H43N5O3. The van der Waals surface area contributed by atoms with E-state index in [-0.39, 0.29) is 24.2 Å². The number of fused-ring (bicyclic) bond motifs is 1. The average Bonchev–Trinajstić information content (AvgIpc) is 3.17. The molecule has 2 fully saturated rings. The van der Waals surface area contributed by atoms with Crippen LogP contribution < -0.4 is 10.2 Å². The second-order valence-corrected chi connectivity index (χ2v) is 12.0. The fourth-order valence-corrected chi connectivity index (χ4v) is 5.59. The van der Waals surface area contributed by atoms with E-state index < -0.39 is 5.60 Å². The van der Waals surface area contributed by atoms with Crippen LogP contribution in [0.15, 0.2) is 0 Å². The van der Waals surface area contributed by atoms with Gasteiger partial charge in [0.05, 0.1) is 5.69 Å². The summed E-state index contributed by atoms with van der Waals surface area (Å²) in [7, 11) is 0. The number of aryl methyl sites for hydroxylation is 1. The molecule has 2 saturated heterocycles. The predicted molar refractivity (Wildman–Crippen MR) is 134 cm³/mol. The molecule has 2 aliphatic heterocycles. The number of hydrogen-bond acceptors (Lipinski definition) is 7. The minimum absolute atomic E-state index is 0.112. The number of anilines is 2. The molecule has 0 bridgehead atoms. The molecule has 0 radical (unpaired) electrons. The van der Waals surface area contributed by atoms with E-state index in [1.807, 2.05) is 25.7 Å². The number of carbonyl (C=O) groups is 1. The molecule has 1 aromatic heterocycles. The molecule has 190 valence electrons. The van der Waals surface area contributed by atoms with Crippen molar-refractivity contribution < 1.29 is 14.6 Å². The Bertz CT molecular complexity index is 876. The van der Waals surface area contributed by atoms with Crippen molar-refractivity contribution in [1.29, 1.82) is 0 Å². The zero-order valence-corrected chi connectivity index (χ0v) is 21.7. The number of hydrogen-bond donors (Lipinski definition) is 2. The molecule has 1 amide bonds. The number of carbonyl (C=O) groups excluding carboxylic acids is 1. The quantitative estimate of drug-likeness (QED) is 0.618. The van der Waals surface area contributed by atoms with E-state index >= 15 is 0 Å². The van der Waals surface area contributed by atoms with Crippen LogP contribution in [-0.2, 0) is 17.6 Å². The molecule has 1 atom stereocenters. The van der Waals surface area contributed by atoms with Gasteiger partial charge in [0.25, 0.3) is 0 Å². The Morgan fingerprint density at radius 1 is 1.18 bits per heavy atom. The number of ether oxygens (including phenoxy) is 1. The topological polar surface area (TPSA) is 90.8 Å². The van der Waals surface area contributed by atoms with Crippen LogP contribution in [0, 0.1) is 11.3 Å². The molecule has 0 unspecified atom stereocenters. The summed E-state index contributed by atoms with van der Waals surface area (Å²) in [5, 5.41) is 13.3. The monoisotopic (exact) mass is 473 g/mol. The van der Waals surface area contributed by atoms with Gasteiger partial charge in [-0.05, 0) is 71.6 Å². The molecule has 8 nitrogen and oxygen atoms in total. The highest BCUT2D eigenvalue weighted by Gasteiger charge is 2.50. The summed E-state index contributed by atoms with van der Waals surface area (Å²) in [6.45, 7) is 13.6. The van der Waals surface area contributed by atoms with Gasteiger partial charge >= 0.3 is 6.09 Å². The number of likely N-dealkylation sites (tertiary alicyclic amines) is 1. The lowest BCUT2D eigenvalue weighted by atomic mass is 9.79. The highest BCUT2D eigenvalue weighted by atomic mass is 16.6. The van der Waals surface area contributed by atoms with Gasteiger partial charge in [-0.3, -0.25) is 0 Å². The third-order valence-electron chi connectivity index (χ3n) is 7.17. The molecule has 1 aromatic rings. The molecule has 3 heterocycles. The van der Waals surface area contributed by atoms with Crippen molar-refractivity contribution in [1.82, 2.24) is 14.9 Å². The first-order valence-electron chi connectivity index (χ1n) is 13.1. The Morgan fingerprint density at radius 3 is 2.59 bits per heavy atom. The molecule has 8 heteroatoms. The number of amides is 1. The number of aliphatic hydroxyl groups excluding tert-OH is 1. The van der Waals surface area contributed by atoms with Crippen molar-refractivity contribution in [3.8, 4) is 0 Å². The summed E-state index contributed by atoms with van der Waals surface area (Å²) in [6, 6.07) is 0.206. The zero-order chi connectivity index (χ0) is 24.5. The second kappa shape index (κ2) is 9.88. The van der Waals surface area contributed by atoms with Gasteiger partial charge in [-0.2, -0.15) is 4.98 Å². The maximum Gasteiger partial charge on any atom is 0.410 e. The summed E-state index contributed by atoms with van der Waals surface area (Å²) in [5.41, 5.74) is 2.08. The lowest BCUT2D eigenvalue weighted by Crippen LogP contribution is -2.60. The Labute approximate surface area is 204 Å². The van der Waals surface area contributed by atoms with Crippen LogP contribution in [0.5, 0.6) is 0 Å². The first-order chi connectivity index (χ1) is 16.1. The smallest absolute Gasteiger partial charge is 0.410 e. The van der Waals surface area contributed by atoms with Crippen LogP contribution in [0.1, 0.15) is 78.0 Å². The van der Waals surface area contributed by atoms with Crippen molar-refractivity contribution in [2.45, 2.75) is 91.2 Å². The van der Waals surface area contributed by atoms with E-state index in [4.69, 9.17) is 14.7 Å². The van der Waals surface area contributed by atoms with Crippen LogP contribution in [0.3, 0.4) is 0 Å². The van der Waals surface area contributed by atoms with Gasteiger partial charge in [0.15, 0.2) is 0 Å². The lowest BCUT2D eigenvalue weighted by Gasteiger charge is -2.47. The number of aliphatic hydroxyl groups is 1. The van der Waals surface area contributed by atoms with E-state index in [1.54, 1.807) is 0 Å². The fraction of sp³-hybridized carbons (Fsp3) is 0.808. The summed E-state index contributed by atoms with van der Waals surface area (Å²) in [4.78, 5) is 26.6. The maximum absolute atomic E-state index is 12.4. The Hall–Kier alpha value is -2.09. The fourth-order valence-electron chi connectivity index (χ4n) is 5.59. The Morgan fingerprint density at radius 2 is 1.91 bits per heavy atom. The van der Waals surface area contributed by atoms with Gasteiger partial charge < -0.3 is 25.0 Å². The highest BCUT2D eigenvalue weighted by molar-refractivity contribution is 5.69. The normalized spacial score (nSPS) is 20.3. The van der Waals surface area contributed by atoms with Crippen LogP contribution in [0.4, 0.5) is 16.6 Å². The summed E-state index contributed by atoms with van der Waals surface area (Å²) < 4.78 is 5.54. The minimum Gasteiger partial charge on any atom is -0.444 e. The molecule has 34 heavy (non-hydrogen) atoms. The number of nitrogens with zero attached hydrogens (tertiary/aromatic N) is 4. The average molecular weight is 474 g/mol. The molecule has 4 rings (SSSR count). The van der Waals surface area contributed by atoms with Crippen molar-refractivity contribution in [2.75, 3.05) is 43.0 Å². The first-order valence-corrected chi connectivity index (χ1v) is 13.1. The van der Waals surface area contributed by atoms with Gasteiger partial charge in [-0.1, -0.05) is 13.8 Å². The predicted octanol–water partition coefficient (Wildman–Crippen LogP) is 4.01. The van der Waals surface area contributed by atoms with Gasteiger partial charge in [0, 0.05) is 49.8 Å². The van der Waals surface area contributed by atoms with Gasteiger partial charge in [-0.15, -0.1) is 0 Å². The van der Waals surface area contributed by atoms with E-state index in [9.17, 15) is 9.90 Å². The number of rotatable bonds is 7. The minimum atomic E-state index is -0.467. The zero-order valence-electron chi connectivity index (χ0n) is 21.7. The number of aromatic nitrogens is 2. The SMILES string of the molecule is CC(C)C[C@@H](CCO)Nc1nc(N2CCC3(CN(C(=O)OC(C)(C)C)C3)C2)nc2c1CCCC2. The van der Waals surface area contributed by atoms with Crippen LogP contribution in [-0.4, -0.2) is 70.5 Å². The molecular weight excluding hydrogens is 430 g/mol. The maximum atomic E-state index is 12.4. The van der Waals surface area contributed by atoms with E-state index in [1.165, 1.54) is 24.1 Å². The third-order valence-corrected chi connectivity index (χ3v) is 7.17. The van der Waals surface area contributed by atoms with Gasteiger partial charge in [-0.25, -0.2) is 9.78 Å². The van der Waals surface area contributed by atoms with E-state index in [0.717, 1.165) is 70.0 Å². The van der Waals surface area contributed by atoms with Gasteiger partial charge in [0.2, 0.25) is 5.95 Å². The van der Waals surface area contributed by atoms with E-state index in [2.05, 4.69) is 24.1 Å². The van der Waals surface area contributed by atoms with E-state index in [0.29, 0.717) is 5.92 Å². The van der Waals surface area contributed by atoms with Crippen molar-refractivity contribution in [2.24, 2.45) is 11.3 Å². The summed E-state index contributed by atoms with van der Waals surface area (Å²) in [6.07, 6.45) is 6.90. The lowest BCUT2D eigenvalue weighted by molar-refractivity contribution is -0.0266. The molecule has 3 aliphatic rings. The van der Waals surface area contributed by atoms with Crippen molar-refractivity contribution in [3.63, 3.8) is 0 Å². The highest BCUT2D eigenvalue weighted by Crippen LogP contribution is 2.41. The summed E-state index contributed by atoms with van der Waals surface area (Å²) >= 11 is 0. The second-order valence-electron chi connectivity index (χ2n) is 12.0. The third kappa shape index (κ3) is 5.75. The Kier molecular flexibility index (Phi) is 7.27. The van der Waals surface area contributed by atoms with Gasteiger partial charge in [0.1, 0.15) is 11.4 Å². The van der Waals surface area contributed by atoms with Crippen LogP contribution in [0.2, 0.25) is 0 Å². The largest absolute Gasteiger partial charge is 0.444 e. The molecule has 1 spiro atoms. The molecule has 2 N–H and O–H groups in total. The Balaban J connectivity index is 1.47.